The number of rotatable bonds is 7. The van der Waals surface area contributed by atoms with Crippen molar-refractivity contribution in [3.8, 4) is 0 Å². The van der Waals surface area contributed by atoms with E-state index in [4.69, 9.17) is 0 Å². The van der Waals surface area contributed by atoms with E-state index in [-0.39, 0.29) is 10.8 Å². The summed E-state index contributed by atoms with van der Waals surface area (Å²) in [5.74, 6) is 4.26. The third-order valence-electron chi connectivity index (χ3n) is 12.4. The number of carbonyl (C=O) groups excluding carboxylic acids is 1. The van der Waals surface area contributed by atoms with Crippen molar-refractivity contribution in [2.75, 3.05) is 13.2 Å². The van der Waals surface area contributed by atoms with E-state index in [0.717, 1.165) is 23.7 Å². The highest BCUT2D eigenvalue weighted by atomic mass is 32.2. The molecule has 5 nitrogen and oxygen atoms in total. The number of benzene rings is 1. The minimum absolute atomic E-state index is 0.00149. The van der Waals surface area contributed by atoms with E-state index >= 15 is 0 Å². The molecule has 0 aromatic heterocycles. The fourth-order valence-corrected chi connectivity index (χ4v) is 11.0. The highest BCUT2D eigenvalue weighted by Crippen LogP contribution is 2.68. The van der Waals surface area contributed by atoms with Crippen LogP contribution in [0.1, 0.15) is 104 Å². The summed E-state index contributed by atoms with van der Waals surface area (Å²) in [6.45, 7) is 10.8. The summed E-state index contributed by atoms with van der Waals surface area (Å²) in [5.41, 5.74) is 0.871. The van der Waals surface area contributed by atoms with Gasteiger partial charge in [-0.2, -0.15) is 0 Å². The van der Waals surface area contributed by atoms with Gasteiger partial charge in [-0.1, -0.05) is 59.6 Å². The molecule has 4 saturated carbocycles. The Balaban J connectivity index is 1.18. The molecule has 8 atom stereocenters. The molecule has 0 aliphatic heterocycles. The lowest BCUT2D eigenvalue weighted by Gasteiger charge is -2.61. The summed E-state index contributed by atoms with van der Waals surface area (Å²) in [7, 11) is -4.01. The summed E-state index contributed by atoms with van der Waals surface area (Å²) in [6, 6.07) is 5.40. The minimum Gasteiger partial charge on any atom is -0.337 e. The number of alkyl halides is 1. The number of urea groups is 1. The van der Waals surface area contributed by atoms with Crippen LogP contribution in [0.5, 0.6) is 0 Å². The Hall–Kier alpha value is -1.63. The van der Waals surface area contributed by atoms with Crippen molar-refractivity contribution in [2.24, 2.45) is 46.3 Å². The maximum absolute atomic E-state index is 13.3. The van der Waals surface area contributed by atoms with Gasteiger partial charge in [0.25, 0.3) is 10.0 Å². The Morgan fingerprint density at radius 1 is 0.975 bits per heavy atom. The largest absolute Gasteiger partial charge is 0.337 e. The molecule has 224 valence electrons. The molecular weight excluding hydrogens is 523 g/mol. The quantitative estimate of drug-likeness (QED) is 0.352. The predicted octanol–water partition coefficient (Wildman–Crippen LogP) is 7.61. The van der Waals surface area contributed by atoms with Crippen molar-refractivity contribution < 1.29 is 17.6 Å². The van der Waals surface area contributed by atoms with Gasteiger partial charge in [-0.25, -0.2) is 17.9 Å². The topological polar surface area (TPSA) is 75.3 Å². The van der Waals surface area contributed by atoms with Crippen molar-refractivity contribution in [3.63, 3.8) is 0 Å². The van der Waals surface area contributed by atoms with E-state index in [0.29, 0.717) is 28.9 Å². The van der Waals surface area contributed by atoms with E-state index in [1.165, 1.54) is 76.3 Å². The Bertz CT molecular complexity index is 1180. The van der Waals surface area contributed by atoms with Gasteiger partial charge in [-0.3, -0.25) is 4.39 Å². The van der Waals surface area contributed by atoms with Crippen molar-refractivity contribution in [3.05, 3.63) is 29.8 Å². The zero-order valence-corrected chi connectivity index (χ0v) is 26.1. The first-order valence-corrected chi connectivity index (χ1v) is 17.3. The van der Waals surface area contributed by atoms with Crippen LogP contribution in [-0.2, 0) is 15.4 Å². The van der Waals surface area contributed by atoms with Crippen molar-refractivity contribution >= 4 is 16.1 Å². The zero-order valence-electron chi connectivity index (χ0n) is 25.3. The van der Waals surface area contributed by atoms with Crippen LogP contribution in [0.3, 0.4) is 0 Å². The van der Waals surface area contributed by atoms with Crippen LogP contribution in [0.2, 0.25) is 0 Å². The molecule has 0 heterocycles. The molecule has 4 fully saturated rings. The van der Waals surface area contributed by atoms with E-state index in [9.17, 15) is 17.6 Å². The van der Waals surface area contributed by atoms with Crippen LogP contribution in [0.15, 0.2) is 29.2 Å². The summed E-state index contributed by atoms with van der Waals surface area (Å²) < 4.78 is 41.1. The molecule has 7 heteroatoms. The molecule has 1 aromatic carbocycles. The molecule has 2 N–H and O–H groups in total. The summed E-state index contributed by atoms with van der Waals surface area (Å²) in [5, 5.41) is 2.86. The van der Waals surface area contributed by atoms with Gasteiger partial charge in [-0.15, -0.1) is 0 Å². The first-order chi connectivity index (χ1) is 18.8. The number of carbonyl (C=O) groups is 1. The maximum Gasteiger partial charge on any atom is 0.328 e. The Morgan fingerprint density at radius 2 is 1.68 bits per heavy atom. The smallest absolute Gasteiger partial charge is 0.328 e. The standard InChI is InChI=1S/C33H51FN2O3S/c1-22(20-35-30(37)36-40(38,39)25-12-9-23(10-13-25)31(2,3)21-34)27-15-16-28-26-14-11-24-8-6-7-18-32(24,4)29(26)17-19-33(27,28)5/h9-10,12-13,22,24,26-29H,6-8,11,14-21H2,1-5H3,(H2,35,36,37)/t22-,24+,26+,27-,28+,29+,32+,33-/m1/s1. The van der Waals surface area contributed by atoms with Crippen LogP contribution in [0, 0.1) is 46.3 Å². The molecule has 0 radical (unpaired) electrons. The van der Waals surface area contributed by atoms with Gasteiger partial charge in [0, 0.05) is 12.0 Å². The second-order valence-electron chi connectivity index (χ2n) is 15.0. The van der Waals surface area contributed by atoms with E-state index in [1.54, 1.807) is 26.0 Å². The molecule has 1 aromatic rings. The zero-order chi connectivity index (χ0) is 28.9. The number of nitrogens with one attached hydrogen (secondary N) is 2. The average Bonchev–Trinajstić information content (AvgIpc) is 3.28. The second kappa shape index (κ2) is 10.9. The SMILES string of the molecule is C[C@H](CNC(=O)NS(=O)(=O)c1ccc(C(C)(C)CF)cc1)[C@H]1CC[C@H]2[C@@H]3CC[C@@H]4CCCC[C@]4(C)[C@H]3CC[C@]12C. The molecule has 0 spiro atoms. The van der Waals surface area contributed by atoms with Gasteiger partial charge in [0.1, 0.15) is 0 Å². The van der Waals surface area contributed by atoms with Crippen LogP contribution >= 0.6 is 0 Å². The number of sulfonamides is 1. The predicted molar refractivity (Wildman–Crippen MR) is 158 cm³/mol. The third-order valence-corrected chi connectivity index (χ3v) is 13.8. The van der Waals surface area contributed by atoms with E-state index in [1.807, 2.05) is 0 Å². The maximum atomic E-state index is 13.3. The fraction of sp³-hybridized carbons (Fsp3) is 0.788. The fourth-order valence-electron chi connectivity index (χ4n) is 10.0. The van der Waals surface area contributed by atoms with Gasteiger partial charge in [-0.05, 0) is 115 Å². The summed E-state index contributed by atoms with van der Waals surface area (Å²) >= 11 is 0. The van der Waals surface area contributed by atoms with Crippen LogP contribution in [-0.4, -0.2) is 27.7 Å². The van der Waals surface area contributed by atoms with Crippen molar-refractivity contribution in [1.29, 1.82) is 0 Å². The Morgan fingerprint density at radius 3 is 2.38 bits per heavy atom. The first-order valence-electron chi connectivity index (χ1n) is 15.8. The van der Waals surface area contributed by atoms with Crippen molar-refractivity contribution in [2.45, 2.75) is 109 Å². The molecule has 40 heavy (non-hydrogen) atoms. The average molecular weight is 575 g/mol. The number of fused-ring (bicyclic) bond motifs is 5. The minimum atomic E-state index is -4.01. The lowest BCUT2D eigenvalue weighted by molar-refractivity contribution is -0.114. The van der Waals surface area contributed by atoms with Gasteiger partial charge < -0.3 is 5.32 Å². The Labute approximate surface area is 241 Å². The van der Waals surface area contributed by atoms with Gasteiger partial charge in [0.15, 0.2) is 0 Å². The van der Waals surface area contributed by atoms with Crippen LogP contribution < -0.4 is 10.0 Å². The van der Waals surface area contributed by atoms with E-state index < -0.39 is 28.1 Å². The van der Waals surface area contributed by atoms with Gasteiger partial charge >= 0.3 is 6.03 Å². The second-order valence-corrected chi connectivity index (χ2v) is 16.6. The number of halogens is 1. The molecule has 2 amide bonds. The summed E-state index contributed by atoms with van der Waals surface area (Å²) in [4.78, 5) is 12.7. The lowest BCUT2D eigenvalue weighted by atomic mass is 9.44. The van der Waals surface area contributed by atoms with Gasteiger partial charge in [0.2, 0.25) is 0 Å². The number of amides is 2. The highest BCUT2D eigenvalue weighted by molar-refractivity contribution is 7.90. The normalized spacial score (nSPS) is 36.6. The molecule has 5 rings (SSSR count). The van der Waals surface area contributed by atoms with Crippen LogP contribution in [0.4, 0.5) is 9.18 Å². The first kappa shape index (κ1) is 29.8. The third kappa shape index (κ3) is 5.22. The van der Waals surface area contributed by atoms with Crippen molar-refractivity contribution in [1.82, 2.24) is 10.0 Å². The highest BCUT2D eigenvalue weighted by Gasteiger charge is 2.60. The molecule has 4 aliphatic rings. The number of hydrogen-bond acceptors (Lipinski definition) is 3. The molecule has 0 bridgehead atoms. The lowest BCUT2D eigenvalue weighted by Crippen LogP contribution is -2.53. The molecule has 0 saturated heterocycles. The monoisotopic (exact) mass is 574 g/mol. The van der Waals surface area contributed by atoms with E-state index in [2.05, 4.69) is 30.8 Å². The van der Waals surface area contributed by atoms with Gasteiger partial charge in [0.05, 0.1) is 11.6 Å². The molecule has 0 unspecified atom stereocenters. The number of hydrogen-bond donors (Lipinski definition) is 2. The molecular formula is C33H51FN2O3S. The van der Waals surface area contributed by atoms with Crippen LogP contribution in [0.25, 0.3) is 0 Å². The summed E-state index contributed by atoms with van der Waals surface area (Å²) in [6.07, 6.45) is 13.6. The Kier molecular flexibility index (Phi) is 8.13. The molecule has 4 aliphatic carbocycles.